The van der Waals surface area contributed by atoms with Crippen molar-refractivity contribution in [3.8, 4) is 0 Å². The minimum absolute atomic E-state index is 0.125. The average Bonchev–Trinajstić information content (AvgIpc) is 2.71. The molecule has 104 valence electrons. The lowest BCUT2D eigenvalue weighted by atomic mass is 9.98. The van der Waals surface area contributed by atoms with Crippen molar-refractivity contribution < 1.29 is 4.79 Å². The molecule has 1 aliphatic carbocycles. The van der Waals surface area contributed by atoms with E-state index >= 15 is 0 Å². The monoisotopic (exact) mass is 261 g/mol. The van der Waals surface area contributed by atoms with Gasteiger partial charge in [0.15, 0.2) is 0 Å². The van der Waals surface area contributed by atoms with E-state index in [9.17, 15) is 4.79 Å². The van der Waals surface area contributed by atoms with Gasteiger partial charge < -0.3 is 16.4 Å². The van der Waals surface area contributed by atoms with Crippen molar-refractivity contribution in [3.63, 3.8) is 0 Å². The fourth-order valence-corrected chi connectivity index (χ4v) is 2.68. The molecule has 0 heterocycles. The van der Waals surface area contributed by atoms with E-state index in [0.717, 1.165) is 17.7 Å². The fraction of sp³-hybridized carbons (Fsp3) is 0.533. The first-order valence-electron chi connectivity index (χ1n) is 6.96. The number of amides is 2. The minimum Gasteiger partial charge on any atom is -0.335 e. The molecule has 1 fully saturated rings. The Bertz CT molecular complexity index is 447. The molecule has 1 saturated carbocycles. The number of benzene rings is 1. The Hall–Kier alpha value is -1.55. The van der Waals surface area contributed by atoms with Crippen LogP contribution in [-0.4, -0.2) is 12.1 Å². The molecule has 0 radical (unpaired) electrons. The molecule has 0 saturated heterocycles. The van der Waals surface area contributed by atoms with Gasteiger partial charge in [-0.05, 0) is 42.4 Å². The molecule has 2 rings (SSSR count). The van der Waals surface area contributed by atoms with E-state index in [1.54, 1.807) is 0 Å². The van der Waals surface area contributed by atoms with Crippen molar-refractivity contribution in [2.24, 2.45) is 17.6 Å². The van der Waals surface area contributed by atoms with E-state index in [4.69, 9.17) is 5.73 Å². The van der Waals surface area contributed by atoms with Gasteiger partial charge in [-0.15, -0.1) is 0 Å². The zero-order valence-corrected chi connectivity index (χ0v) is 11.6. The van der Waals surface area contributed by atoms with Gasteiger partial charge in [0.1, 0.15) is 0 Å². The number of rotatable bonds is 3. The van der Waals surface area contributed by atoms with E-state index in [2.05, 4.69) is 24.5 Å². The van der Waals surface area contributed by atoms with Crippen LogP contribution >= 0.6 is 0 Å². The van der Waals surface area contributed by atoms with Crippen LogP contribution in [0.3, 0.4) is 0 Å². The standard InChI is InChI=1S/C15H23N3O/c1-10-6-7-14(11(10)2)18-15(19)17-13-5-3-4-12(8-13)9-16/h3-5,8,10-11,14H,6-7,9,16H2,1-2H3,(H2,17,18,19). The Morgan fingerprint density at radius 3 is 2.79 bits per heavy atom. The van der Waals surface area contributed by atoms with Crippen LogP contribution in [-0.2, 0) is 6.54 Å². The van der Waals surface area contributed by atoms with Crippen LogP contribution in [0.4, 0.5) is 10.5 Å². The van der Waals surface area contributed by atoms with E-state index < -0.39 is 0 Å². The lowest BCUT2D eigenvalue weighted by Crippen LogP contribution is -2.40. The van der Waals surface area contributed by atoms with Crippen LogP contribution in [0.1, 0.15) is 32.3 Å². The van der Waals surface area contributed by atoms with Gasteiger partial charge in [-0.3, -0.25) is 0 Å². The van der Waals surface area contributed by atoms with Crippen LogP contribution in [0.15, 0.2) is 24.3 Å². The van der Waals surface area contributed by atoms with Crippen molar-refractivity contribution >= 4 is 11.7 Å². The highest BCUT2D eigenvalue weighted by Crippen LogP contribution is 2.31. The Morgan fingerprint density at radius 1 is 1.37 bits per heavy atom. The summed E-state index contributed by atoms with van der Waals surface area (Å²) in [5.41, 5.74) is 7.39. The predicted molar refractivity (Wildman–Crippen MR) is 77.8 cm³/mol. The molecule has 4 nitrogen and oxygen atoms in total. The number of hydrogen-bond acceptors (Lipinski definition) is 2. The zero-order chi connectivity index (χ0) is 13.8. The summed E-state index contributed by atoms with van der Waals surface area (Å²) in [7, 11) is 0. The van der Waals surface area contributed by atoms with Crippen LogP contribution in [0.25, 0.3) is 0 Å². The van der Waals surface area contributed by atoms with Crippen molar-refractivity contribution in [1.29, 1.82) is 0 Å². The summed E-state index contributed by atoms with van der Waals surface area (Å²) in [4.78, 5) is 12.0. The molecule has 0 aromatic heterocycles. The minimum atomic E-state index is -0.125. The van der Waals surface area contributed by atoms with Gasteiger partial charge >= 0.3 is 6.03 Å². The second-order valence-electron chi connectivity index (χ2n) is 5.52. The second-order valence-corrected chi connectivity index (χ2v) is 5.52. The van der Waals surface area contributed by atoms with Gasteiger partial charge in [-0.25, -0.2) is 4.79 Å². The second kappa shape index (κ2) is 6.06. The van der Waals surface area contributed by atoms with Crippen molar-refractivity contribution in [2.45, 2.75) is 39.3 Å². The Morgan fingerprint density at radius 2 is 2.16 bits per heavy atom. The molecular formula is C15H23N3O. The molecule has 1 aromatic carbocycles. The largest absolute Gasteiger partial charge is 0.335 e. The molecule has 0 bridgehead atoms. The molecule has 0 aliphatic heterocycles. The summed E-state index contributed by atoms with van der Waals surface area (Å²) in [5, 5.41) is 5.94. The third-order valence-corrected chi connectivity index (χ3v) is 4.20. The normalized spacial score (nSPS) is 26.2. The summed E-state index contributed by atoms with van der Waals surface area (Å²) < 4.78 is 0. The van der Waals surface area contributed by atoms with Crippen molar-refractivity contribution in [1.82, 2.24) is 5.32 Å². The van der Waals surface area contributed by atoms with Crippen LogP contribution in [0.2, 0.25) is 0 Å². The Balaban J connectivity index is 1.90. The third-order valence-electron chi connectivity index (χ3n) is 4.20. The number of anilines is 1. The number of carbonyl (C=O) groups excluding carboxylic acids is 1. The molecule has 3 unspecified atom stereocenters. The van der Waals surface area contributed by atoms with Crippen LogP contribution < -0.4 is 16.4 Å². The van der Waals surface area contributed by atoms with Crippen molar-refractivity contribution in [2.75, 3.05) is 5.32 Å². The Labute approximate surface area is 114 Å². The van der Waals surface area contributed by atoms with E-state index in [1.165, 1.54) is 6.42 Å². The average molecular weight is 261 g/mol. The zero-order valence-electron chi connectivity index (χ0n) is 11.6. The summed E-state index contributed by atoms with van der Waals surface area (Å²) in [6.45, 7) is 4.93. The summed E-state index contributed by atoms with van der Waals surface area (Å²) in [6, 6.07) is 7.79. The van der Waals surface area contributed by atoms with E-state index in [1.807, 2.05) is 24.3 Å². The molecular weight excluding hydrogens is 238 g/mol. The maximum absolute atomic E-state index is 12.0. The van der Waals surface area contributed by atoms with Gasteiger partial charge in [0.2, 0.25) is 0 Å². The maximum atomic E-state index is 12.0. The first-order chi connectivity index (χ1) is 9.10. The number of carbonyl (C=O) groups is 1. The van der Waals surface area contributed by atoms with Gasteiger partial charge in [0, 0.05) is 18.3 Å². The number of nitrogens with one attached hydrogen (secondary N) is 2. The van der Waals surface area contributed by atoms with Crippen molar-refractivity contribution in [3.05, 3.63) is 29.8 Å². The first-order valence-corrected chi connectivity index (χ1v) is 6.96. The smallest absolute Gasteiger partial charge is 0.319 e. The highest BCUT2D eigenvalue weighted by atomic mass is 16.2. The van der Waals surface area contributed by atoms with Gasteiger partial charge in [-0.1, -0.05) is 26.0 Å². The maximum Gasteiger partial charge on any atom is 0.319 e. The van der Waals surface area contributed by atoms with Crippen LogP contribution in [0, 0.1) is 11.8 Å². The topological polar surface area (TPSA) is 67.2 Å². The van der Waals surface area contributed by atoms with Gasteiger partial charge in [0.05, 0.1) is 0 Å². The van der Waals surface area contributed by atoms with Gasteiger partial charge in [-0.2, -0.15) is 0 Å². The number of hydrogen-bond donors (Lipinski definition) is 3. The van der Waals surface area contributed by atoms with Gasteiger partial charge in [0.25, 0.3) is 0 Å². The molecule has 4 N–H and O–H groups in total. The first kappa shape index (κ1) is 13.9. The molecule has 0 spiro atoms. The predicted octanol–water partition coefficient (Wildman–Crippen LogP) is 2.70. The molecule has 3 atom stereocenters. The molecule has 2 amide bonds. The van der Waals surface area contributed by atoms with E-state index in [-0.39, 0.29) is 12.1 Å². The highest BCUT2D eigenvalue weighted by molar-refractivity contribution is 5.89. The molecule has 1 aliphatic rings. The lowest BCUT2D eigenvalue weighted by Gasteiger charge is -2.20. The van der Waals surface area contributed by atoms with Crippen LogP contribution in [0.5, 0.6) is 0 Å². The summed E-state index contributed by atoms with van der Waals surface area (Å²) >= 11 is 0. The SMILES string of the molecule is CC1CCC(NC(=O)Nc2cccc(CN)c2)C1C. The number of urea groups is 1. The summed E-state index contributed by atoms with van der Waals surface area (Å²) in [6.07, 6.45) is 2.26. The lowest BCUT2D eigenvalue weighted by molar-refractivity contribution is 0.244. The Kier molecular flexibility index (Phi) is 4.43. The van der Waals surface area contributed by atoms with E-state index in [0.29, 0.717) is 18.4 Å². The number of nitrogens with two attached hydrogens (primary N) is 1. The molecule has 4 heteroatoms. The summed E-state index contributed by atoms with van der Waals surface area (Å²) in [5.74, 6) is 1.23. The highest BCUT2D eigenvalue weighted by Gasteiger charge is 2.30. The quantitative estimate of drug-likeness (QED) is 0.783. The molecule has 19 heavy (non-hydrogen) atoms. The molecule has 1 aromatic rings. The fourth-order valence-electron chi connectivity index (χ4n) is 2.68. The third kappa shape index (κ3) is 3.47.